The average Bonchev–Trinajstić information content (AvgIpc) is 3.10. The third kappa shape index (κ3) is 5.07. The van der Waals surface area contributed by atoms with Gasteiger partial charge in [0.05, 0.1) is 37.2 Å². The molecule has 0 fully saturated rings. The number of ether oxygens (including phenoxy) is 3. The fourth-order valence-corrected chi connectivity index (χ4v) is 5.20. The van der Waals surface area contributed by atoms with Crippen LogP contribution in [0.2, 0.25) is 5.02 Å². The Bertz CT molecular complexity index is 1480. The quantitative estimate of drug-likeness (QED) is 0.235. The average molecular weight is 547 g/mol. The summed E-state index contributed by atoms with van der Waals surface area (Å²) in [6, 6.07) is 18.5. The highest BCUT2D eigenvalue weighted by atomic mass is 35.5. The van der Waals surface area contributed by atoms with Crippen molar-refractivity contribution in [3.63, 3.8) is 0 Å². The Kier molecular flexibility index (Phi) is 7.30. The second-order valence-electron chi connectivity index (χ2n) is 9.49. The van der Waals surface area contributed by atoms with Crippen molar-refractivity contribution in [3.8, 4) is 11.5 Å². The SMILES string of the molecule is COC(=O)[C@@H]1C(=O)C2=C(C[C@H]1C)Nc1ccccc1N[C@@H]2c1ccc(OC(=O)c2ccc(Cl)cc2)c(OC)c1. The first-order valence-electron chi connectivity index (χ1n) is 12.4. The number of fused-ring (bicyclic) bond motifs is 1. The Hall–Kier alpha value is -4.30. The van der Waals surface area contributed by atoms with Crippen LogP contribution in [0.1, 0.15) is 35.3 Å². The minimum absolute atomic E-state index is 0.221. The molecule has 2 N–H and O–H groups in total. The van der Waals surface area contributed by atoms with Crippen molar-refractivity contribution in [2.24, 2.45) is 11.8 Å². The Morgan fingerprint density at radius 3 is 2.36 bits per heavy atom. The van der Waals surface area contributed by atoms with Gasteiger partial charge in [0.2, 0.25) is 0 Å². The second kappa shape index (κ2) is 10.8. The molecule has 200 valence electrons. The van der Waals surface area contributed by atoms with Crippen molar-refractivity contribution in [2.45, 2.75) is 19.4 Å². The summed E-state index contributed by atoms with van der Waals surface area (Å²) in [5.41, 5.74) is 3.84. The minimum atomic E-state index is -0.914. The number of anilines is 2. The van der Waals surface area contributed by atoms with Crippen LogP contribution in [0, 0.1) is 11.8 Å². The molecule has 0 saturated heterocycles. The molecule has 2 aliphatic rings. The molecule has 3 atom stereocenters. The molecule has 1 aliphatic heterocycles. The first-order chi connectivity index (χ1) is 18.8. The summed E-state index contributed by atoms with van der Waals surface area (Å²) in [5.74, 6) is -2.05. The van der Waals surface area contributed by atoms with Crippen molar-refractivity contribution < 1.29 is 28.6 Å². The summed E-state index contributed by atoms with van der Waals surface area (Å²) >= 11 is 5.92. The zero-order valence-corrected chi connectivity index (χ0v) is 22.4. The number of carbonyl (C=O) groups is 3. The molecule has 3 aromatic rings. The molecule has 0 bridgehead atoms. The lowest BCUT2D eigenvalue weighted by atomic mass is 9.75. The third-order valence-electron chi connectivity index (χ3n) is 7.03. The Morgan fingerprint density at radius 1 is 0.949 bits per heavy atom. The molecule has 1 aliphatic carbocycles. The summed E-state index contributed by atoms with van der Waals surface area (Å²) in [6.07, 6.45) is 0.487. The molecule has 1 heterocycles. The number of allylic oxidation sites excluding steroid dienone is 1. The number of para-hydroxylation sites is 2. The molecule has 5 rings (SSSR count). The van der Waals surface area contributed by atoms with E-state index in [1.54, 1.807) is 42.5 Å². The normalized spacial score (nSPS) is 20.0. The summed E-state index contributed by atoms with van der Waals surface area (Å²) in [5, 5.41) is 7.40. The van der Waals surface area contributed by atoms with Crippen LogP contribution in [0.5, 0.6) is 11.5 Å². The van der Waals surface area contributed by atoms with E-state index in [4.69, 9.17) is 25.8 Å². The van der Waals surface area contributed by atoms with Crippen LogP contribution in [0.3, 0.4) is 0 Å². The summed E-state index contributed by atoms with van der Waals surface area (Å²) < 4.78 is 16.2. The highest BCUT2D eigenvalue weighted by Crippen LogP contribution is 2.45. The predicted octanol–water partition coefficient (Wildman–Crippen LogP) is 5.80. The number of methoxy groups -OCH3 is 2. The zero-order valence-electron chi connectivity index (χ0n) is 21.6. The number of ketones is 1. The summed E-state index contributed by atoms with van der Waals surface area (Å²) in [6.45, 7) is 1.87. The van der Waals surface area contributed by atoms with Crippen molar-refractivity contribution in [2.75, 3.05) is 24.9 Å². The number of nitrogens with one attached hydrogen (secondary N) is 2. The van der Waals surface area contributed by atoms with Crippen LogP contribution in [0.4, 0.5) is 11.4 Å². The lowest BCUT2D eigenvalue weighted by molar-refractivity contribution is -0.151. The highest BCUT2D eigenvalue weighted by Gasteiger charge is 2.44. The zero-order chi connectivity index (χ0) is 27.7. The van der Waals surface area contributed by atoms with Gasteiger partial charge < -0.3 is 24.8 Å². The van der Waals surface area contributed by atoms with E-state index in [1.165, 1.54) is 14.2 Å². The van der Waals surface area contributed by atoms with Gasteiger partial charge in [0, 0.05) is 16.3 Å². The molecule has 9 heteroatoms. The Labute approximate surface area is 230 Å². The Balaban J connectivity index is 1.55. The van der Waals surface area contributed by atoms with Gasteiger partial charge in [0.15, 0.2) is 17.3 Å². The number of carbonyl (C=O) groups excluding carboxylic acids is 3. The van der Waals surface area contributed by atoms with Crippen LogP contribution in [-0.4, -0.2) is 31.9 Å². The van der Waals surface area contributed by atoms with Crippen LogP contribution in [-0.2, 0) is 14.3 Å². The van der Waals surface area contributed by atoms with Gasteiger partial charge in [-0.25, -0.2) is 4.79 Å². The highest BCUT2D eigenvalue weighted by molar-refractivity contribution is 6.30. The summed E-state index contributed by atoms with van der Waals surface area (Å²) in [7, 11) is 2.76. The molecular weight excluding hydrogens is 520 g/mol. The van der Waals surface area contributed by atoms with Crippen LogP contribution < -0.4 is 20.1 Å². The van der Waals surface area contributed by atoms with E-state index in [0.29, 0.717) is 33.9 Å². The molecule has 0 saturated carbocycles. The van der Waals surface area contributed by atoms with E-state index in [-0.39, 0.29) is 17.5 Å². The monoisotopic (exact) mass is 546 g/mol. The maximum atomic E-state index is 13.9. The smallest absolute Gasteiger partial charge is 0.343 e. The molecule has 0 aromatic heterocycles. The third-order valence-corrected chi connectivity index (χ3v) is 7.28. The van der Waals surface area contributed by atoms with Gasteiger partial charge in [-0.05, 0) is 66.4 Å². The van der Waals surface area contributed by atoms with Gasteiger partial charge in [-0.15, -0.1) is 0 Å². The van der Waals surface area contributed by atoms with E-state index in [0.717, 1.165) is 17.1 Å². The van der Waals surface area contributed by atoms with E-state index in [1.807, 2.05) is 31.2 Å². The van der Waals surface area contributed by atoms with Crippen LogP contribution >= 0.6 is 11.6 Å². The van der Waals surface area contributed by atoms with Crippen LogP contribution in [0.25, 0.3) is 0 Å². The van der Waals surface area contributed by atoms with Crippen molar-refractivity contribution in [1.82, 2.24) is 0 Å². The molecule has 0 radical (unpaired) electrons. The van der Waals surface area contributed by atoms with Crippen molar-refractivity contribution in [3.05, 3.63) is 94.1 Å². The molecule has 3 aromatic carbocycles. The van der Waals surface area contributed by atoms with Crippen LogP contribution in [0.15, 0.2) is 78.0 Å². The molecule has 0 amide bonds. The largest absolute Gasteiger partial charge is 0.493 e. The summed E-state index contributed by atoms with van der Waals surface area (Å²) in [4.78, 5) is 39.2. The lowest BCUT2D eigenvalue weighted by Gasteiger charge is -2.32. The maximum Gasteiger partial charge on any atom is 0.343 e. The Morgan fingerprint density at radius 2 is 1.67 bits per heavy atom. The fraction of sp³-hybridized carbons (Fsp3) is 0.233. The topological polar surface area (TPSA) is 103 Å². The molecule has 39 heavy (non-hydrogen) atoms. The van der Waals surface area contributed by atoms with Gasteiger partial charge in [-0.2, -0.15) is 0 Å². The number of Topliss-reactive ketones (excluding diaryl/α,β-unsaturated/α-hetero) is 1. The first-order valence-corrected chi connectivity index (χ1v) is 12.8. The first kappa shape index (κ1) is 26.3. The van der Waals surface area contributed by atoms with Gasteiger partial charge in [0.1, 0.15) is 5.92 Å². The molecule has 0 unspecified atom stereocenters. The van der Waals surface area contributed by atoms with E-state index in [9.17, 15) is 14.4 Å². The van der Waals surface area contributed by atoms with E-state index in [2.05, 4.69) is 10.6 Å². The lowest BCUT2D eigenvalue weighted by Crippen LogP contribution is -2.39. The van der Waals surface area contributed by atoms with E-state index >= 15 is 0 Å². The van der Waals surface area contributed by atoms with Gasteiger partial charge >= 0.3 is 11.9 Å². The number of benzene rings is 3. The number of esters is 2. The maximum absolute atomic E-state index is 13.9. The van der Waals surface area contributed by atoms with Gasteiger partial charge in [-0.3, -0.25) is 9.59 Å². The van der Waals surface area contributed by atoms with Gasteiger partial charge in [-0.1, -0.05) is 36.7 Å². The molecule has 8 nitrogen and oxygen atoms in total. The predicted molar refractivity (Wildman–Crippen MR) is 147 cm³/mol. The van der Waals surface area contributed by atoms with E-state index < -0.39 is 23.9 Å². The number of halogens is 1. The second-order valence-corrected chi connectivity index (χ2v) is 9.93. The minimum Gasteiger partial charge on any atom is -0.493 e. The van der Waals surface area contributed by atoms with Gasteiger partial charge in [0.25, 0.3) is 0 Å². The number of hydrogen-bond acceptors (Lipinski definition) is 8. The standard InChI is InChI=1S/C30H27ClN2O6/c1-16-14-22-26(28(34)25(16)30(36)38-3)27(33-21-7-5-4-6-20(21)32-22)18-10-13-23(24(15-18)37-2)39-29(35)17-8-11-19(31)12-9-17/h4-13,15-16,25,27,32-33H,14H2,1-3H3/t16-,25+,27-/m1/s1. The number of hydrogen-bond donors (Lipinski definition) is 2. The molecular formula is C30H27ClN2O6. The van der Waals surface area contributed by atoms with Crippen molar-refractivity contribution in [1.29, 1.82) is 0 Å². The fourth-order valence-electron chi connectivity index (χ4n) is 5.08. The molecule has 0 spiro atoms. The number of rotatable bonds is 5. The van der Waals surface area contributed by atoms with Crippen molar-refractivity contribution >= 4 is 40.7 Å².